The molecular weight excluding hydrogens is 324 g/mol. The molecule has 3 aromatic heterocycles. The zero-order valence-electron chi connectivity index (χ0n) is 13.6. The Morgan fingerprint density at radius 1 is 1.21 bits per heavy atom. The van der Waals surface area contributed by atoms with Gasteiger partial charge < -0.3 is 4.52 Å². The third-order valence-electron chi connectivity index (χ3n) is 4.28. The maximum atomic E-state index is 5.04. The number of hydrogen-bond donors (Lipinski definition) is 1. The molecule has 1 aliphatic rings. The first-order valence-corrected chi connectivity index (χ1v) is 8.96. The summed E-state index contributed by atoms with van der Waals surface area (Å²) in [4.78, 5) is 10.4. The summed E-state index contributed by atoms with van der Waals surface area (Å²) in [7, 11) is 0. The lowest BCUT2D eigenvalue weighted by molar-refractivity contribution is 0.119. The van der Waals surface area contributed by atoms with E-state index in [2.05, 4.69) is 47.7 Å². The Morgan fingerprint density at radius 3 is 2.67 bits per heavy atom. The van der Waals surface area contributed by atoms with Gasteiger partial charge in [0.1, 0.15) is 0 Å². The molecule has 1 N–H and O–H groups in total. The summed E-state index contributed by atoms with van der Waals surface area (Å²) in [5, 5.41) is 13.4. The summed E-state index contributed by atoms with van der Waals surface area (Å²) in [6.45, 7) is 7.61. The van der Waals surface area contributed by atoms with Gasteiger partial charge in [0.05, 0.1) is 23.3 Å². The van der Waals surface area contributed by atoms with Gasteiger partial charge in [-0.25, -0.2) is 0 Å². The Hall–Kier alpha value is -2.03. The number of H-pyrrole nitrogens is 1. The lowest BCUT2D eigenvalue weighted by Gasteiger charge is -2.33. The van der Waals surface area contributed by atoms with E-state index in [1.54, 1.807) is 11.3 Å². The molecule has 8 heteroatoms. The Labute approximate surface area is 144 Å². The van der Waals surface area contributed by atoms with Gasteiger partial charge in [0.25, 0.3) is 0 Å². The SMILES string of the molecule is Cc1nc(CN2CCN(Cc3cn[nH]c3-c3cccs3)CC2)no1. The summed E-state index contributed by atoms with van der Waals surface area (Å²) < 4.78 is 5.04. The standard InChI is InChI=1S/C16H20N6OS/c1-12-18-15(20-23-12)11-22-6-4-21(5-7-22)10-13-9-17-19-16(13)14-3-2-8-24-14/h2-3,8-9H,4-7,10-11H2,1H3,(H,17,19). The molecule has 0 aromatic carbocycles. The van der Waals surface area contributed by atoms with Gasteiger partial charge in [-0.05, 0) is 11.4 Å². The summed E-state index contributed by atoms with van der Waals surface area (Å²) in [6, 6.07) is 4.20. The second-order valence-corrected chi connectivity index (χ2v) is 6.98. The summed E-state index contributed by atoms with van der Waals surface area (Å²) in [5.74, 6) is 1.40. The van der Waals surface area contributed by atoms with Crippen LogP contribution in [-0.2, 0) is 13.1 Å². The molecule has 0 saturated carbocycles. The normalized spacial score (nSPS) is 16.7. The van der Waals surface area contributed by atoms with Crippen LogP contribution < -0.4 is 0 Å². The fourth-order valence-corrected chi connectivity index (χ4v) is 3.77. The van der Waals surface area contributed by atoms with Crippen LogP contribution in [0.2, 0.25) is 0 Å². The lowest BCUT2D eigenvalue weighted by atomic mass is 10.2. The van der Waals surface area contributed by atoms with Gasteiger partial charge in [-0.1, -0.05) is 11.2 Å². The molecule has 1 fully saturated rings. The Kier molecular flexibility index (Phi) is 4.42. The molecule has 4 heterocycles. The first-order valence-electron chi connectivity index (χ1n) is 8.08. The average molecular weight is 344 g/mol. The number of nitrogens with one attached hydrogen (secondary N) is 1. The highest BCUT2D eigenvalue weighted by Crippen LogP contribution is 2.26. The Morgan fingerprint density at radius 2 is 2.00 bits per heavy atom. The number of rotatable bonds is 5. The highest BCUT2D eigenvalue weighted by atomic mass is 32.1. The van der Waals surface area contributed by atoms with Crippen molar-refractivity contribution in [1.29, 1.82) is 0 Å². The van der Waals surface area contributed by atoms with Crippen LogP contribution in [0.25, 0.3) is 10.6 Å². The number of hydrogen-bond acceptors (Lipinski definition) is 7. The van der Waals surface area contributed by atoms with Crippen LogP contribution in [0.15, 0.2) is 28.2 Å². The number of aryl methyl sites for hydroxylation is 1. The summed E-state index contributed by atoms with van der Waals surface area (Å²) in [6.07, 6.45) is 1.95. The predicted molar refractivity (Wildman–Crippen MR) is 91.5 cm³/mol. The molecule has 1 saturated heterocycles. The van der Waals surface area contributed by atoms with Gasteiger partial charge in [-0.15, -0.1) is 11.3 Å². The van der Waals surface area contributed by atoms with E-state index in [4.69, 9.17) is 4.52 Å². The average Bonchev–Trinajstić information content (AvgIpc) is 3.31. The van der Waals surface area contributed by atoms with Crippen LogP contribution in [0, 0.1) is 6.92 Å². The van der Waals surface area contributed by atoms with Crippen molar-refractivity contribution in [2.45, 2.75) is 20.0 Å². The van der Waals surface area contributed by atoms with E-state index in [1.807, 2.05) is 13.1 Å². The zero-order chi connectivity index (χ0) is 16.4. The van der Waals surface area contributed by atoms with Crippen LogP contribution in [0.3, 0.4) is 0 Å². The molecule has 126 valence electrons. The van der Waals surface area contributed by atoms with Gasteiger partial charge >= 0.3 is 0 Å². The van der Waals surface area contributed by atoms with Gasteiger partial charge in [0, 0.05) is 45.2 Å². The first kappa shape index (κ1) is 15.5. The van der Waals surface area contributed by atoms with Crippen molar-refractivity contribution >= 4 is 11.3 Å². The zero-order valence-corrected chi connectivity index (χ0v) is 14.4. The third-order valence-corrected chi connectivity index (χ3v) is 5.17. The number of aromatic amines is 1. The lowest BCUT2D eigenvalue weighted by Crippen LogP contribution is -2.45. The molecule has 0 aliphatic carbocycles. The smallest absolute Gasteiger partial charge is 0.223 e. The van der Waals surface area contributed by atoms with Crippen LogP contribution in [0.5, 0.6) is 0 Å². The minimum atomic E-state index is 0.629. The summed E-state index contributed by atoms with van der Waals surface area (Å²) in [5.41, 5.74) is 2.41. The highest BCUT2D eigenvalue weighted by Gasteiger charge is 2.20. The number of aromatic nitrogens is 4. The molecule has 0 amide bonds. The van der Waals surface area contributed by atoms with Crippen LogP contribution in [0.1, 0.15) is 17.3 Å². The Bertz CT molecular complexity index is 772. The Balaban J connectivity index is 1.33. The fraction of sp³-hybridized carbons (Fsp3) is 0.438. The molecule has 1 aliphatic heterocycles. The van der Waals surface area contributed by atoms with Crippen molar-refractivity contribution in [1.82, 2.24) is 30.1 Å². The van der Waals surface area contributed by atoms with E-state index in [0.717, 1.165) is 50.8 Å². The maximum absolute atomic E-state index is 5.04. The monoisotopic (exact) mass is 344 g/mol. The van der Waals surface area contributed by atoms with Crippen LogP contribution >= 0.6 is 11.3 Å². The first-order chi connectivity index (χ1) is 11.8. The van der Waals surface area contributed by atoms with Crippen molar-refractivity contribution in [3.8, 4) is 10.6 Å². The molecule has 4 rings (SSSR count). The van der Waals surface area contributed by atoms with Crippen LogP contribution in [0.4, 0.5) is 0 Å². The van der Waals surface area contributed by atoms with Crippen molar-refractivity contribution in [2.24, 2.45) is 0 Å². The second-order valence-electron chi connectivity index (χ2n) is 6.03. The molecular formula is C16H20N6OS. The maximum Gasteiger partial charge on any atom is 0.223 e. The molecule has 0 spiro atoms. The van der Waals surface area contributed by atoms with Crippen molar-refractivity contribution in [2.75, 3.05) is 26.2 Å². The van der Waals surface area contributed by atoms with Gasteiger partial charge in [0.15, 0.2) is 5.82 Å². The largest absolute Gasteiger partial charge is 0.340 e. The molecule has 7 nitrogen and oxygen atoms in total. The molecule has 0 bridgehead atoms. The van der Waals surface area contributed by atoms with Gasteiger partial charge in [-0.3, -0.25) is 14.9 Å². The van der Waals surface area contributed by atoms with E-state index < -0.39 is 0 Å². The number of nitrogens with zero attached hydrogens (tertiary/aromatic N) is 5. The minimum absolute atomic E-state index is 0.629. The molecule has 3 aromatic rings. The van der Waals surface area contributed by atoms with E-state index >= 15 is 0 Å². The minimum Gasteiger partial charge on any atom is -0.340 e. The topological polar surface area (TPSA) is 74.1 Å². The summed E-state index contributed by atoms with van der Waals surface area (Å²) >= 11 is 1.74. The van der Waals surface area contributed by atoms with Gasteiger partial charge in [-0.2, -0.15) is 10.1 Å². The molecule has 0 unspecified atom stereocenters. The van der Waals surface area contributed by atoms with E-state index in [0.29, 0.717) is 5.89 Å². The fourth-order valence-electron chi connectivity index (χ4n) is 3.02. The van der Waals surface area contributed by atoms with E-state index in [9.17, 15) is 0 Å². The highest BCUT2D eigenvalue weighted by molar-refractivity contribution is 7.13. The second kappa shape index (κ2) is 6.84. The van der Waals surface area contributed by atoms with Crippen molar-refractivity contribution in [3.05, 3.63) is 41.0 Å². The molecule has 24 heavy (non-hydrogen) atoms. The molecule has 0 radical (unpaired) electrons. The van der Waals surface area contributed by atoms with E-state index in [1.165, 1.54) is 10.4 Å². The van der Waals surface area contributed by atoms with Gasteiger partial charge in [0.2, 0.25) is 5.89 Å². The quantitative estimate of drug-likeness (QED) is 0.764. The molecule has 0 atom stereocenters. The van der Waals surface area contributed by atoms with E-state index in [-0.39, 0.29) is 0 Å². The predicted octanol–water partition coefficient (Wildman–Crippen LogP) is 2.15. The van der Waals surface area contributed by atoms with Crippen molar-refractivity contribution < 1.29 is 4.52 Å². The number of piperazine rings is 1. The third kappa shape index (κ3) is 3.40. The van der Waals surface area contributed by atoms with Crippen molar-refractivity contribution in [3.63, 3.8) is 0 Å². The van der Waals surface area contributed by atoms with Crippen LogP contribution in [-0.4, -0.2) is 56.3 Å². The number of thiophene rings is 1.